The maximum absolute atomic E-state index is 11.7. The summed E-state index contributed by atoms with van der Waals surface area (Å²) in [6.45, 7) is 0.0657. The first-order valence-corrected chi connectivity index (χ1v) is 5.26. The van der Waals surface area contributed by atoms with E-state index in [-0.39, 0.29) is 18.4 Å². The van der Waals surface area contributed by atoms with Crippen LogP contribution in [0.3, 0.4) is 0 Å². The number of methoxy groups -OCH3 is 1. The van der Waals surface area contributed by atoms with E-state index in [2.05, 4.69) is 15.4 Å². The van der Waals surface area contributed by atoms with Crippen molar-refractivity contribution in [3.63, 3.8) is 0 Å². The minimum atomic E-state index is -0.204. The Balaban J connectivity index is 1.94. The molecule has 0 aliphatic rings. The molecule has 0 saturated heterocycles. The van der Waals surface area contributed by atoms with Gasteiger partial charge < -0.3 is 15.8 Å². The van der Waals surface area contributed by atoms with Crippen molar-refractivity contribution in [3.8, 4) is 5.75 Å². The number of carbonyl (C=O) groups excluding carboxylic acids is 1. The first-order chi connectivity index (χ1) is 8.67. The Kier molecular flexibility index (Phi) is 3.42. The summed E-state index contributed by atoms with van der Waals surface area (Å²) in [6.07, 6.45) is 1.41. The molecular weight excluding hydrogens is 234 g/mol. The molecule has 3 N–H and O–H groups in total. The number of nitrogens with zero attached hydrogens (tertiary/aromatic N) is 3. The lowest BCUT2D eigenvalue weighted by Gasteiger charge is -2.05. The van der Waals surface area contributed by atoms with Gasteiger partial charge in [0.15, 0.2) is 0 Å². The molecule has 0 aliphatic heterocycles. The quantitative estimate of drug-likeness (QED) is 0.820. The minimum absolute atomic E-state index is 0.0657. The highest BCUT2D eigenvalue weighted by molar-refractivity contribution is 5.90. The van der Waals surface area contributed by atoms with Gasteiger partial charge in [-0.3, -0.25) is 4.79 Å². The van der Waals surface area contributed by atoms with Crippen molar-refractivity contribution in [2.45, 2.75) is 6.54 Å². The molecule has 94 valence electrons. The molecule has 2 aromatic rings. The zero-order chi connectivity index (χ0) is 13.0. The number of nitrogens with two attached hydrogens (primary N) is 1. The fourth-order valence-electron chi connectivity index (χ4n) is 1.41. The molecule has 0 saturated carbocycles. The normalized spacial score (nSPS) is 10.1. The SMILES string of the molecule is COc1ccc(NC(=O)Cn2cnc(N)n2)cc1. The Labute approximate surface area is 104 Å². The number of hydrogen-bond acceptors (Lipinski definition) is 5. The number of amides is 1. The molecule has 0 fully saturated rings. The van der Waals surface area contributed by atoms with Crippen LogP contribution in [0.5, 0.6) is 5.75 Å². The summed E-state index contributed by atoms with van der Waals surface area (Å²) >= 11 is 0. The summed E-state index contributed by atoms with van der Waals surface area (Å²) in [5.74, 6) is 0.675. The van der Waals surface area contributed by atoms with Gasteiger partial charge >= 0.3 is 0 Å². The Hall–Kier alpha value is -2.57. The van der Waals surface area contributed by atoms with Gasteiger partial charge in [-0.1, -0.05) is 0 Å². The predicted molar refractivity (Wildman–Crippen MR) is 66.1 cm³/mol. The first-order valence-electron chi connectivity index (χ1n) is 5.26. The fraction of sp³-hybridized carbons (Fsp3) is 0.182. The number of anilines is 2. The third-order valence-corrected chi connectivity index (χ3v) is 2.23. The zero-order valence-corrected chi connectivity index (χ0v) is 9.83. The Morgan fingerprint density at radius 1 is 1.44 bits per heavy atom. The van der Waals surface area contributed by atoms with Crippen molar-refractivity contribution in [2.75, 3.05) is 18.2 Å². The molecule has 1 amide bonds. The van der Waals surface area contributed by atoms with Crippen molar-refractivity contribution in [1.82, 2.24) is 14.8 Å². The summed E-state index contributed by atoms with van der Waals surface area (Å²) in [6, 6.07) is 7.05. The van der Waals surface area contributed by atoms with Crippen molar-refractivity contribution < 1.29 is 9.53 Å². The largest absolute Gasteiger partial charge is 0.497 e. The first kappa shape index (κ1) is 11.9. The molecule has 1 aromatic heterocycles. The molecule has 2 rings (SSSR count). The van der Waals surface area contributed by atoms with Crippen LogP contribution in [0.2, 0.25) is 0 Å². The lowest BCUT2D eigenvalue weighted by atomic mass is 10.3. The maximum atomic E-state index is 11.7. The van der Waals surface area contributed by atoms with E-state index in [4.69, 9.17) is 10.5 Å². The molecule has 7 heteroatoms. The summed E-state index contributed by atoms with van der Waals surface area (Å²) in [5.41, 5.74) is 6.04. The van der Waals surface area contributed by atoms with Crippen molar-refractivity contribution in [1.29, 1.82) is 0 Å². The summed E-state index contributed by atoms with van der Waals surface area (Å²) < 4.78 is 6.39. The third-order valence-electron chi connectivity index (χ3n) is 2.23. The molecule has 0 radical (unpaired) electrons. The average molecular weight is 247 g/mol. The smallest absolute Gasteiger partial charge is 0.246 e. The average Bonchev–Trinajstić information content (AvgIpc) is 2.75. The predicted octanol–water partition coefficient (Wildman–Crippen LogP) is 0.508. The van der Waals surface area contributed by atoms with E-state index in [0.29, 0.717) is 5.69 Å². The number of aromatic nitrogens is 3. The molecule has 1 aromatic carbocycles. The second-order valence-electron chi connectivity index (χ2n) is 3.58. The Morgan fingerprint density at radius 2 is 2.17 bits per heavy atom. The summed E-state index contributed by atoms with van der Waals surface area (Å²) in [4.78, 5) is 15.4. The van der Waals surface area contributed by atoms with Crippen LogP contribution < -0.4 is 15.8 Å². The molecule has 0 atom stereocenters. The van der Waals surface area contributed by atoms with E-state index >= 15 is 0 Å². The molecule has 7 nitrogen and oxygen atoms in total. The molecule has 18 heavy (non-hydrogen) atoms. The van der Waals surface area contributed by atoms with Gasteiger partial charge in [0.2, 0.25) is 11.9 Å². The van der Waals surface area contributed by atoms with Gasteiger partial charge in [-0.15, -0.1) is 5.10 Å². The van der Waals surface area contributed by atoms with E-state index in [9.17, 15) is 4.79 Å². The van der Waals surface area contributed by atoms with Crippen molar-refractivity contribution in [2.24, 2.45) is 0 Å². The lowest BCUT2D eigenvalue weighted by molar-refractivity contribution is -0.116. The number of benzene rings is 1. The maximum Gasteiger partial charge on any atom is 0.246 e. The highest BCUT2D eigenvalue weighted by Gasteiger charge is 2.05. The number of hydrogen-bond donors (Lipinski definition) is 2. The van der Waals surface area contributed by atoms with Gasteiger partial charge in [-0.05, 0) is 24.3 Å². The van der Waals surface area contributed by atoms with Crippen LogP contribution in [-0.4, -0.2) is 27.8 Å². The molecule has 0 spiro atoms. The van der Waals surface area contributed by atoms with Gasteiger partial charge in [-0.2, -0.15) is 0 Å². The summed E-state index contributed by atoms with van der Waals surface area (Å²) in [7, 11) is 1.59. The number of rotatable bonds is 4. The van der Waals surface area contributed by atoms with Gasteiger partial charge in [-0.25, -0.2) is 9.67 Å². The number of carbonyl (C=O) groups is 1. The molecule has 0 aliphatic carbocycles. The second-order valence-corrected chi connectivity index (χ2v) is 3.58. The molecule has 0 unspecified atom stereocenters. The van der Waals surface area contributed by atoms with Crippen LogP contribution in [0.4, 0.5) is 11.6 Å². The van der Waals surface area contributed by atoms with Crippen LogP contribution in [0.25, 0.3) is 0 Å². The molecule has 0 bridgehead atoms. The van der Waals surface area contributed by atoms with Crippen molar-refractivity contribution >= 4 is 17.5 Å². The highest BCUT2D eigenvalue weighted by atomic mass is 16.5. The standard InChI is InChI=1S/C11H13N5O2/c1-18-9-4-2-8(3-5-9)14-10(17)6-16-7-13-11(12)15-16/h2-5,7H,6H2,1H3,(H2,12,15)(H,14,17). The van der Waals surface area contributed by atoms with Gasteiger partial charge in [0.1, 0.15) is 18.6 Å². The minimum Gasteiger partial charge on any atom is -0.497 e. The van der Waals surface area contributed by atoms with Gasteiger partial charge in [0.05, 0.1) is 7.11 Å². The van der Waals surface area contributed by atoms with Gasteiger partial charge in [0, 0.05) is 5.69 Å². The Morgan fingerprint density at radius 3 is 2.72 bits per heavy atom. The van der Waals surface area contributed by atoms with Gasteiger partial charge in [0.25, 0.3) is 0 Å². The van der Waals surface area contributed by atoms with Crippen LogP contribution in [0.1, 0.15) is 0 Å². The zero-order valence-electron chi connectivity index (χ0n) is 9.83. The van der Waals surface area contributed by atoms with Crippen LogP contribution in [0, 0.1) is 0 Å². The monoisotopic (exact) mass is 247 g/mol. The lowest BCUT2D eigenvalue weighted by Crippen LogP contribution is -2.19. The topological polar surface area (TPSA) is 95.1 Å². The van der Waals surface area contributed by atoms with E-state index in [1.165, 1.54) is 11.0 Å². The molecular formula is C11H13N5O2. The number of nitrogens with one attached hydrogen (secondary N) is 1. The second kappa shape index (κ2) is 5.17. The van der Waals surface area contributed by atoms with Crippen LogP contribution in [0.15, 0.2) is 30.6 Å². The Bertz CT molecular complexity index is 535. The number of nitrogen functional groups attached to an aromatic ring is 1. The molecule has 1 heterocycles. The highest BCUT2D eigenvalue weighted by Crippen LogP contribution is 2.14. The summed E-state index contributed by atoms with van der Waals surface area (Å²) in [5, 5.41) is 6.55. The van der Waals surface area contributed by atoms with E-state index in [0.717, 1.165) is 5.75 Å². The van der Waals surface area contributed by atoms with E-state index in [1.54, 1.807) is 31.4 Å². The van der Waals surface area contributed by atoms with E-state index in [1.807, 2.05) is 0 Å². The van der Waals surface area contributed by atoms with Crippen LogP contribution in [-0.2, 0) is 11.3 Å². The fourth-order valence-corrected chi connectivity index (χ4v) is 1.41. The van der Waals surface area contributed by atoms with Crippen LogP contribution >= 0.6 is 0 Å². The third kappa shape index (κ3) is 2.97. The van der Waals surface area contributed by atoms with E-state index < -0.39 is 0 Å². The van der Waals surface area contributed by atoms with Crippen molar-refractivity contribution in [3.05, 3.63) is 30.6 Å². The number of ether oxygens (including phenoxy) is 1.